The third kappa shape index (κ3) is 1.99. The molecule has 19 heavy (non-hydrogen) atoms. The largest absolute Gasteiger partial charge is 0.506 e. The quantitative estimate of drug-likeness (QED) is 0.837. The Hall–Kier alpha value is -2.56. The first-order valence-corrected chi connectivity index (χ1v) is 5.52. The van der Waals surface area contributed by atoms with Gasteiger partial charge in [-0.3, -0.25) is 0 Å². The molecule has 98 valence electrons. The van der Waals surface area contributed by atoms with Crippen LogP contribution in [0.5, 0.6) is 5.75 Å². The molecule has 0 atom stereocenters. The van der Waals surface area contributed by atoms with E-state index >= 15 is 0 Å². The highest BCUT2D eigenvalue weighted by Crippen LogP contribution is 2.41. The van der Waals surface area contributed by atoms with E-state index in [0.717, 1.165) is 0 Å². The van der Waals surface area contributed by atoms with Gasteiger partial charge >= 0.3 is 11.9 Å². The molecule has 2 aliphatic rings. The Morgan fingerprint density at radius 2 is 1.32 bits per heavy atom. The summed E-state index contributed by atoms with van der Waals surface area (Å²) in [4.78, 5) is 23.5. The van der Waals surface area contributed by atoms with Gasteiger partial charge in [-0.25, -0.2) is 9.59 Å². The Kier molecular flexibility index (Phi) is 3.37. The zero-order chi connectivity index (χ0) is 14.0. The van der Waals surface area contributed by atoms with Crippen LogP contribution in [0.1, 0.15) is 20.7 Å². The van der Waals surface area contributed by atoms with Crippen LogP contribution >= 0.6 is 0 Å². The molecule has 0 aliphatic heterocycles. The molecule has 0 aromatic heterocycles. The average Bonchev–Trinajstić information content (AvgIpc) is 2.58. The molecule has 0 unspecified atom stereocenters. The number of methoxy groups -OCH3 is 2. The molecule has 2 aliphatic carbocycles. The van der Waals surface area contributed by atoms with Crippen LogP contribution in [-0.4, -0.2) is 31.3 Å². The van der Waals surface area contributed by atoms with Crippen molar-refractivity contribution >= 4 is 11.9 Å². The van der Waals surface area contributed by atoms with E-state index in [1.54, 1.807) is 30.3 Å². The fraction of sp³-hybridized carbons (Fsp3) is 0.143. The SMILES string of the molecule is COC(=O)c1c2cccccc-2c(C(=O)OC)c1O. The summed E-state index contributed by atoms with van der Waals surface area (Å²) in [5.74, 6) is -1.83. The summed E-state index contributed by atoms with van der Waals surface area (Å²) in [6.07, 6.45) is 0. The Balaban J connectivity index is 2.82. The Labute approximate surface area is 109 Å². The molecule has 0 aromatic carbocycles. The topological polar surface area (TPSA) is 72.8 Å². The monoisotopic (exact) mass is 260 g/mol. The van der Waals surface area contributed by atoms with Crippen molar-refractivity contribution in [1.29, 1.82) is 0 Å². The molecule has 1 N–H and O–H groups in total. The molecule has 0 bridgehead atoms. The molecular formula is C14H12O5. The summed E-state index contributed by atoms with van der Waals surface area (Å²) in [5.41, 5.74) is 0.813. The third-order valence-electron chi connectivity index (χ3n) is 2.83. The number of carbonyl (C=O) groups excluding carboxylic acids is 2. The summed E-state index contributed by atoms with van der Waals surface area (Å²) in [7, 11) is 2.42. The van der Waals surface area contributed by atoms with Crippen LogP contribution < -0.4 is 0 Å². The second kappa shape index (κ2) is 4.97. The van der Waals surface area contributed by atoms with Gasteiger partial charge < -0.3 is 14.6 Å². The zero-order valence-corrected chi connectivity index (χ0v) is 10.5. The van der Waals surface area contributed by atoms with Gasteiger partial charge in [0.1, 0.15) is 16.9 Å². The number of hydrogen-bond acceptors (Lipinski definition) is 5. The van der Waals surface area contributed by atoms with E-state index < -0.39 is 17.7 Å². The maximum atomic E-state index is 11.7. The number of hydrogen-bond donors (Lipinski definition) is 1. The molecule has 5 heteroatoms. The maximum absolute atomic E-state index is 11.7. The van der Waals surface area contributed by atoms with Crippen molar-refractivity contribution in [1.82, 2.24) is 0 Å². The molecule has 0 heterocycles. The van der Waals surface area contributed by atoms with Gasteiger partial charge in [0.2, 0.25) is 0 Å². The van der Waals surface area contributed by atoms with Crippen LogP contribution in [-0.2, 0) is 9.47 Å². The van der Waals surface area contributed by atoms with Gasteiger partial charge in [0.15, 0.2) is 0 Å². The van der Waals surface area contributed by atoms with Crippen molar-refractivity contribution in [3.8, 4) is 16.9 Å². The first kappa shape index (κ1) is 12.9. The minimum absolute atomic E-state index is 0.0332. The van der Waals surface area contributed by atoms with E-state index in [9.17, 15) is 14.7 Å². The third-order valence-corrected chi connectivity index (χ3v) is 2.83. The van der Waals surface area contributed by atoms with E-state index in [-0.39, 0.29) is 11.1 Å². The van der Waals surface area contributed by atoms with Gasteiger partial charge in [-0.05, 0) is 0 Å². The number of esters is 2. The molecule has 5 nitrogen and oxygen atoms in total. The van der Waals surface area contributed by atoms with Gasteiger partial charge in [0.05, 0.1) is 14.2 Å². The van der Waals surface area contributed by atoms with E-state index in [1.807, 2.05) is 0 Å². The summed E-state index contributed by atoms with van der Waals surface area (Å²) in [6.45, 7) is 0. The Morgan fingerprint density at radius 1 is 0.895 bits per heavy atom. The summed E-state index contributed by atoms with van der Waals surface area (Å²) in [6, 6.07) is 8.42. The lowest BCUT2D eigenvalue weighted by Gasteiger charge is -1.99. The predicted octanol–water partition coefficient (Wildman–Crippen LogP) is 2.07. The van der Waals surface area contributed by atoms with E-state index in [2.05, 4.69) is 9.47 Å². The summed E-state index contributed by atoms with van der Waals surface area (Å²) < 4.78 is 9.26. The highest BCUT2D eigenvalue weighted by molar-refractivity contribution is 6.12. The van der Waals surface area contributed by atoms with E-state index in [0.29, 0.717) is 11.1 Å². The molecule has 0 radical (unpaired) electrons. The first-order chi connectivity index (χ1) is 9.11. The molecular weight excluding hydrogens is 248 g/mol. The minimum atomic E-state index is -0.705. The standard InChI is InChI=1S/C14H12O5/c1-18-13(16)10-8-6-4-3-5-7-9(8)11(12(10)15)14(17)19-2/h3-7,15H,1-2H3. The lowest BCUT2D eigenvalue weighted by molar-refractivity contribution is 0.0598. The van der Waals surface area contributed by atoms with Gasteiger partial charge in [-0.15, -0.1) is 0 Å². The first-order valence-electron chi connectivity index (χ1n) is 5.52. The van der Waals surface area contributed by atoms with E-state index in [1.165, 1.54) is 14.2 Å². The van der Waals surface area contributed by atoms with E-state index in [4.69, 9.17) is 0 Å². The van der Waals surface area contributed by atoms with Crippen molar-refractivity contribution in [3.05, 3.63) is 41.5 Å². The lowest BCUT2D eigenvalue weighted by atomic mass is 10.1. The van der Waals surface area contributed by atoms with Crippen molar-refractivity contribution in [2.75, 3.05) is 14.2 Å². The number of carbonyl (C=O) groups is 2. The van der Waals surface area contributed by atoms with Crippen LogP contribution in [0, 0.1) is 0 Å². The lowest BCUT2D eigenvalue weighted by Crippen LogP contribution is -2.02. The van der Waals surface area contributed by atoms with Crippen LogP contribution in [0.15, 0.2) is 30.3 Å². The predicted molar refractivity (Wildman–Crippen MR) is 67.4 cm³/mol. The maximum Gasteiger partial charge on any atom is 0.342 e. The zero-order valence-electron chi connectivity index (χ0n) is 10.5. The van der Waals surface area contributed by atoms with Crippen molar-refractivity contribution in [2.45, 2.75) is 0 Å². The van der Waals surface area contributed by atoms with Gasteiger partial charge in [0.25, 0.3) is 0 Å². The smallest absolute Gasteiger partial charge is 0.342 e. The molecule has 2 rings (SSSR count). The average molecular weight is 260 g/mol. The Bertz CT molecular complexity index is 567. The molecule has 0 saturated carbocycles. The summed E-state index contributed by atoms with van der Waals surface area (Å²) >= 11 is 0. The molecule has 0 saturated heterocycles. The fourth-order valence-corrected chi connectivity index (χ4v) is 1.98. The minimum Gasteiger partial charge on any atom is -0.506 e. The molecule has 0 aromatic rings. The second-order valence-corrected chi connectivity index (χ2v) is 3.82. The fourth-order valence-electron chi connectivity index (χ4n) is 1.98. The van der Waals surface area contributed by atoms with Gasteiger partial charge in [0, 0.05) is 11.1 Å². The highest BCUT2D eigenvalue weighted by Gasteiger charge is 2.31. The molecule has 0 spiro atoms. The molecule has 0 fully saturated rings. The number of fused-ring (bicyclic) bond motifs is 1. The normalized spacial score (nSPS) is 10.2. The second-order valence-electron chi connectivity index (χ2n) is 3.82. The van der Waals surface area contributed by atoms with Gasteiger partial charge in [-0.1, -0.05) is 30.3 Å². The van der Waals surface area contributed by atoms with Gasteiger partial charge in [-0.2, -0.15) is 0 Å². The van der Waals surface area contributed by atoms with Crippen LogP contribution in [0.4, 0.5) is 0 Å². The van der Waals surface area contributed by atoms with Crippen LogP contribution in [0.25, 0.3) is 11.1 Å². The Morgan fingerprint density at radius 3 is 1.68 bits per heavy atom. The molecule has 0 amide bonds. The van der Waals surface area contributed by atoms with Crippen LogP contribution in [0.2, 0.25) is 0 Å². The van der Waals surface area contributed by atoms with Crippen LogP contribution in [0.3, 0.4) is 0 Å². The number of ether oxygens (including phenoxy) is 2. The van der Waals surface area contributed by atoms with Crippen molar-refractivity contribution < 1.29 is 24.2 Å². The van der Waals surface area contributed by atoms with Crippen molar-refractivity contribution in [3.63, 3.8) is 0 Å². The highest BCUT2D eigenvalue weighted by atomic mass is 16.5. The summed E-state index contributed by atoms with van der Waals surface area (Å²) in [5, 5.41) is 10.1. The number of aromatic hydroxyl groups is 1. The van der Waals surface area contributed by atoms with Crippen molar-refractivity contribution in [2.24, 2.45) is 0 Å². The number of rotatable bonds is 2.